The van der Waals surface area contributed by atoms with Crippen LogP contribution in [-0.4, -0.2) is 32.3 Å². The van der Waals surface area contributed by atoms with Crippen LogP contribution in [0.1, 0.15) is 25.8 Å². The van der Waals surface area contributed by atoms with Crippen LogP contribution in [-0.2, 0) is 11.3 Å². The molecule has 0 amide bonds. The van der Waals surface area contributed by atoms with Crippen molar-refractivity contribution in [2.45, 2.75) is 32.9 Å². The van der Waals surface area contributed by atoms with Crippen molar-refractivity contribution in [3.63, 3.8) is 0 Å². The number of ether oxygens (including phenoxy) is 1. The van der Waals surface area contributed by atoms with Crippen molar-refractivity contribution in [3.8, 4) is 0 Å². The zero-order chi connectivity index (χ0) is 13.7. The highest BCUT2D eigenvalue weighted by Gasteiger charge is 2.18. The van der Waals surface area contributed by atoms with Crippen molar-refractivity contribution in [1.82, 2.24) is 5.32 Å². The highest BCUT2D eigenvalue weighted by Crippen LogP contribution is 2.28. The average molecular weight is 283 g/mol. The molecule has 1 unspecified atom stereocenters. The molecular formula is C15H23ClN2O. The summed E-state index contributed by atoms with van der Waals surface area (Å²) >= 11 is 6.36. The van der Waals surface area contributed by atoms with Crippen LogP contribution in [0, 0.1) is 0 Å². The number of nitrogens with zero attached hydrogens (tertiary/aromatic N) is 1. The molecule has 1 atom stereocenters. The van der Waals surface area contributed by atoms with Crippen molar-refractivity contribution >= 4 is 17.3 Å². The van der Waals surface area contributed by atoms with Gasteiger partial charge in [0.15, 0.2) is 0 Å². The molecule has 1 N–H and O–H groups in total. The Kier molecular flexibility index (Phi) is 5.49. The van der Waals surface area contributed by atoms with Crippen LogP contribution in [0.15, 0.2) is 18.2 Å². The molecule has 2 rings (SSSR count). The lowest BCUT2D eigenvalue weighted by atomic mass is 10.1. The highest BCUT2D eigenvalue weighted by molar-refractivity contribution is 6.31. The van der Waals surface area contributed by atoms with E-state index >= 15 is 0 Å². The van der Waals surface area contributed by atoms with Gasteiger partial charge in [0.1, 0.15) is 0 Å². The molecular weight excluding hydrogens is 260 g/mol. The van der Waals surface area contributed by atoms with E-state index in [9.17, 15) is 0 Å². The maximum Gasteiger partial charge on any atom is 0.0721 e. The minimum Gasteiger partial charge on any atom is -0.377 e. The van der Waals surface area contributed by atoms with E-state index in [-0.39, 0.29) is 6.10 Å². The van der Waals surface area contributed by atoms with Gasteiger partial charge < -0.3 is 15.0 Å². The molecule has 4 heteroatoms. The lowest BCUT2D eigenvalue weighted by molar-refractivity contribution is 0.0821. The van der Waals surface area contributed by atoms with E-state index in [1.165, 1.54) is 11.3 Å². The van der Waals surface area contributed by atoms with Gasteiger partial charge >= 0.3 is 0 Å². The van der Waals surface area contributed by atoms with Crippen LogP contribution in [0.4, 0.5) is 5.69 Å². The Morgan fingerprint density at radius 1 is 1.47 bits per heavy atom. The molecule has 1 saturated heterocycles. The van der Waals surface area contributed by atoms with E-state index in [4.69, 9.17) is 16.3 Å². The summed E-state index contributed by atoms with van der Waals surface area (Å²) in [7, 11) is 0. The molecule has 0 aromatic heterocycles. The quantitative estimate of drug-likeness (QED) is 0.919. The van der Waals surface area contributed by atoms with E-state index in [0.29, 0.717) is 0 Å². The van der Waals surface area contributed by atoms with Crippen molar-refractivity contribution in [2.75, 3.05) is 31.1 Å². The van der Waals surface area contributed by atoms with Crippen LogP contribution in [0.2, 0.25) is 5.02 Å². The smallest absolute Gasteiger partial charge is 0.0721 e. The third kappa shape index (κ3) is 3.85. The first kappa shape index (κ1) is 14.6. The van der Waals surface area contributed by atoms with Crippen molar-refractivity contribution in [3.05, 3.63) is 28.8 Å². The molecule has 1 fully saturated rings. The summed E-state index contributed by atoms with van der Waals surface area (Å²) in [6.45, 7) is 8.82. The minimum absolute atomic E-state index is 0.272. The lowest BCUT2D eigenvalue weighted by Crippen LogP contribution is -2.31. The van der Waals surface area contributed by atoms with Gasteiger partial charge in [0.25, 0.3) is 0 Å². The zero-order valence-corrected chi connectivity index (χ0v) is 12.5. The minimum atomic E-state index is 0.272. The maximum atomic E-state index is 6.36. The summed E-state index contributed by atoms with van der Waals surface area (Å²) < 4.78 is 5.72. The molecule has 1 aliphatic heterocycles. The summed E-state index contributed by atoms with van der Waals surface area (Å²) in [5.74, 6) is 0. The fourth-order valence-corrected chi connectivity index (χ4v) is 2.72. The van der Waals surface area contributed by atoms with Crippen molar-refractivity contribution < 1.29 is 4.74 Å². The van der Waals surface area contributed by atoms with Crippen molar-refractivity contribution in [1.29, 1.82) is 0 Å². The summed E-state index contributed by atoms with van der Waals surface area (Å²) in [5, 5.41) is 4.21. The van der Waals surface area contributed by atoms with E-state index in [0.717, 1.165) is 44.2 Å². The number of halogens is 1. The van der Waals surface area contributed by atoms with Gasteiger partial charge in [0.2, 0.25) is 0 Å². The van der Waals surface area contributed by atoms with Crippen LogP contribution < -0.4 is 10.2 Å². The topological polar surface area (TPSA) is 24.5 Å². The Hall–Kier alpha value is -0.770. The number of hydrogen-bond acceptors (Lipinski definition) is 3. The van der Waals surface area contributed by atoms with Gasteiger partial charge in [-0.25, -0.2) is 0 Å². The van der Waals surface area contributed by atoms with Gasteiger partial charge in [-0.05, 0) is 32.0 Å². The summed E-state index contributed by atoms with van der Waals surface area (Å²) in [6, 6.07) is 6.16. The highest BCUT2D eigenvalue weighted by atomic mass is 35.5. The van der Waals surface area contributed by atoms with Crippen LogP contribution in [0.3, 0.4) is 0 Å². The number of hydrogen-bond donors (Lipinski definition) is 1. The van der Waals surface area contributed by atoms with Crippen LogP contribution in [0.25, 0.3) is 0 Å². The van der Waals surface area contributed by atoms with Gasteiger partial charge in [-0.3, -0.25) is 0 Å². The third-order valence-corrected chi connectivity index (χ3v) is 3.79. The summed E-state index contributed by atoms with van der Waals surface area (Å²) in [5.41, 5.74) is 2.44. The summed E-state index contributed by atoms with van der Waals surface area (Å²) in [6.07, 6.45) is 1.34. The molecule has 1 aromatic rings. The second-order valence-electron chi connectivity index (χ2n) is 5.00. The number of anilines is 1. The Bertz CT molecular complexity index is 411. The van der Waals surface area contributed by atoms with Gasteiger partial charge in [-0.15, -0.1) is 0 Å². The molecule has 1 heterocycles. The predicted molar refractivity (Wildman–Crippen MR) is 81.1 cm³/mol. The Labute approximate surface area is 120 Å². The largest absolute Gasteiger partial charge is 0.377 e. The van der Waals surface area contributed by atoms with Crippen LogP contribution >= 0.6 is 11.6 Å². The molecule has 1 aliphatic rings. The molecule has 3 nitrogen and oxygen atoms in total. The lowest BCUT2D eigenvalue weighted by Gasteiger charge is -2.27. The Balaban J connectivity index is 2.23. The molecule has 19 heavy (non-hydrogen) atoms. The number of rotatable bonds is 4. The van der Waals surface area contributed by atoms with E-state index in [2.05, 4.69) is 30.1 Å². The molecule has 106 valence electrons. The monoisotopic (exact) mass is 282 g/mol. The van der Waals surface area contributed by atoms with Gasteiger partial charge in [-0.2, -0.15) is 0 Å². The first-order valence-electron chi connectivity index (χ1n) is 7.07. The molecule has 0 bridgehead atoms. The predicted octanol–water partition coefficient (Wildman–Crippen LogP) is 3.06. The standard InChI is InChI=1S/C15H23ClN2O/c1-3-17-10-13-14(16)6-4-7-15(13)18-8-5-9-19-12(2)11-18/h4,6-7,12,17H,3,5,8-11H2,1-2H3. The van der Waals surface area contributed by atoms with E-state index in [1.807, 2.05) is 12.1 Å². The fourth-order valence-electron chi connectivity index (χ4n) is 2.48. The number of benzene rings is 1. The van der Waals surface area contributed by atoms with E-state index in [1.54, 1.807) is 0 Å². The third-order valence-electron chi connectivity index (χ3n) is 3.44. The summed E-state index contributed by atoms with van der Waals surface area (Å²) in [4.78, 5) is 2.40. The average Bonchev–Trinajstić information content (AvgIpc) is 2.62. The molecule has 0 saturated carbocycles. The van der Waals surface area contributed by atoms with Crippen molar-refractivity contribution in [2.24, 2.45) is 0 Å². The first-order valence-corrected chi connectivity index (χ1v) is 7.44. The SMILES string of the molecule is CCNCc1c(Cl)cccc1N1CCCOC(C)C1. The first-order chi connectivity index (χ1) is 9.22. The molecule has 1 aromatic carbocycles. The Morgan fingerprint density at radius 3 is 3.11 bits per heavy atom. The second-order valence-corrected chi connectivity index (χ2v) is 5.41. The zero-order valence-electron chi connectivity index (χ0n) is 11.8. The van der Waals surface area contributed by atoms with Gasteiger partial charge in [-0.1, -0.05) is 24.6 Å². The second kappa shape index (κ2) is 7.13. The van der Waals surface area contributed by atoms with Gasteiger partial charge in [0.05, 0.1) is 6.10 Å². The molecule has 0 radical (unpaired) electrons. The molecule has 0 aliphatic carbocycles. The fraction of sp³-hybridized carbons (Fsp3) is 0.600. The Morgan fingerprint density at radius 2 is 2.32 bits per heavy atom. The molecule has 0 spiro atoms. The maximum absolute atomic E-state index is 6.36. The van der Waals surface area contributed by atoms with E-state index < -0.39 is 0 Å². The van der Waals surface area contributed by atoms with Crippen LogP contribution in [0.5, 0.6) is 0 Å². The normalized spacial score (nSPS) is 20.4. The number of nitrogens with one attached hydrogen (secondary N) is 1. The van der Waals surface area contributed by atoms with Gasteiger partial charge in [0, 0.05) is 42.5 Å².